The van der Waals surface area contributed by atoms with Gasteiger partial charge in [-0.2, -0.15) is 9.65 Å². The van der Waals surface area contributed by atoms with E-state index in [0.717, 1.165) is 67.1 Å². The van der Waals surface area contributed by atoms with E-state index in [0.29, 0.717) is 17.5 Å². The summed E-state index contributed by atoms with van der Waals surface area (Å²) in [6.45, 7) is 1.61. The molecule has 2 aliphatic rings. The van der Waals surface area contributed by atoms with Gasteiger partial charge in [-0.15, -0.1) is 10.2 Å². The summed E-state index contributed by atoms with van der Waals surface area (Å²) in [4.78, 5) is 6.11. The first-order valence-electron chi connectivity index (χ1n) is 10.7. The summed E-state index contributed by atoms with van der Waals surface area (Å²) >= 11 is 0. The lowest BCUT2D eigenvalue weighted by Crippen LogP contribution is -2.34. The maximum atomic E-state index is 13.4. The topological polar surface area (TPSA) is 82.7 Å². The molecule has 0 amide bonds. The number of hydrogen-bond acceptors (Lipinski definition) is 6. The van der Waals surface area contributed by atoms with Crippen LogP contribution in [0.2, 0.25) is 0 Å². The molecule has 2 aromatic heterocycles. The van der Waals surface area contributed by atoms with E-state index in [1.54, 1.807) is 12.4 Å². The smallest absolute Gasteiger partial charge is 0.212 e. The Labute approximate surface area is 180 Å². The fraction of sp³-hybridized carbons (Fsp3) is 0.391. The molecule has 1 saturated heterocycles. The number of hydrogen-bond donors (Lipinski definition) is 1. The molecule has 0 atom stereocenters. The molecule has 1 saturated carbocycles. The summed E-state index contributed by atoms with van der Waals surface area (Å²) in [5.74, 6) is 0.840. The average Bonchev–Trinajstić information content (AvgIpc) is 3.51. The molecular formula is C23H24FN7. The molecule has 0 spiro atoms. The number of aryl methyl sites for hydroxylation is 1. The molecule has 1 aliphatic carbocycles. The van der Waals surface area contributed by atoms with Crippen LogP contribution in [0.15, 0.2) is 36.8 Å². The van der Waals surface area contributed by atoms with Crippen LogP contribution in [0.3, 0.4) is 0 Å². The first kappa shape index (κ1) is 19.5. The summed E-state index contributed by atoms with van der Waals surface area (Å²) in [7, 11) is 1.97. The monoisotopic (exact) mass is 417 g/mol. The number of benzene rings is 1. The van der Waals surface area contributed by atoms with Crippen LogP contribution in [0.4, 0.5) is 15.8 Å². The second kappa shape index (κ2) is 7.99. The Bertz CT molecular complexity index is 1120. The van der Waals surface area contributed by atoms with Crippen LogP contribution in [-0.2, 0) is 7.05 Å². The zero-order valence-electron chi connectivity index (χ0n) is 17.4. The zero-order chi connectivity index (χ0) is 21.4. The maximum Gasteiger partial charge on any atom is 0.212 e. The third-order valence-corrected chi connectivity index (χ3v) is 6.19. The Hall–Kier alpha value is -3.47. The molecule has 7 nitrogen and oxygen atoms in total. The third kappa shape index (κ3) is 3.83. The summed E-state index contributed by atoms with van der Waals surface area (Å²) in [6.07, 6.45) is 7.40. The van der Waals surface area contributed by atoms with Crippen molar-refractivity contribution >= 4 is 11.4 Å². The van der Waals surface area contributed by atoms with Crippen molar-refractivity contribution in [1.29, 1.82) is 5.26 Å². The fourth-order valence-corrected chi connectivity index (χ4v) is 4.39. The maximum absolute atomic E-state index is 13.4. The molecule has 3 aromatic rings. The van der Waals surface area contributed by atoms with Crippen LogP contribution in [0.25, 0.3) is 11.1 Å². The molecular weight excluding hydrogens is 393 g/mol. The highest BCUT2D eigenvalue weighted by Crippen LogP contribution is 2.41. The van der Waals surface area contributed by atoms with E-state index in [1.165, 1.54) is 12.3 Å². The van der Waals surface area contributed by atoms with Crippen LogP contribution < -0.4 is 10.2 Å². The van der Waals surface area contributed by atoms with Gasteiger partial charge in [-0.05, 0) is 43.9 Å². The largest absolute Gasteiger partial charge is 0.381 e. The molecule has 31 heavy (non-hydrogen) atoms. The van der Waals surface area contributed by atoms with Gasteiger partial charge in [0.05, 0.1) is 16.9 Å². The van der Waals surface area contributed by atoms with Gasteiger partial charge in [-0.1, -0.05) is 6.07 Å². The number of piperidine rings is 1. The summed E-state index contributed by atoms with van der Waals surface area (Å²) in [6, 6.07) is 9.95. The minimum atomic E-state index is -0.512. The summed E-state index contributed by atoms with van der Waals surface area (Å²) < 4.78 is 15.4. The average molecular weight is 417 g/mol. The van der Waals surface area contributed by atoms with E-state index in [2.05, 4.69) is 31.5 Å². The van der Waals surface area contributed by atoms with Gasteiger partial charge in [0.2, 0.25) is 5.95 Å². The van der Waals surface area contributed by atoms with Gasteiger partial charge in [0, 0.05) is 49.4 Å². The second-order valence-corrected chi connectivity index (χ2v) is 8.35. The van der Waals surface area contributed by atoms with E-state index in [1.807, 2.05) is 23.7 Å². The Kier molecular flexibility index (Phi) is 5.02. The van der Waals surface area contributed by atoms with E-state index >= 15 is 0 Å². The Morgan fingerprint density at radius 2 is 1.94 bits per heavy atom. The second-order valence-electron chi connectivity index (χ2n) is 8.35. The standard InChI is InChI=1S/C23H24FN7/c1-30-14-27-29-23(30)15-8-10-31(11-9-15)22-18(16-2-7-21(24)26-13-16)5-6-20(19(22)12-25)28-17-3-4-17/h2,5-7,13-15,17,28H,3-4,8-11H2,1H3. The van der Waals surface area contributed by atoms with Crippen molar-refractivity contribution in [2.75, 3.05) is 23.3 Å². The van der Waals surface area contributed by atoms with E-state index in [9.17, 15) is 9.65 Å². The van der Waals surface area contributed by atoms with Crippen molar-refractivity contribution in [3.63, 3.8) is 0 Å². The molecule has 3 heterocycles. The Balaban J connectivity index is 1.51. The van der Waals surface area contributed by atoms with Gasteiger partial charge in [0.1, 0.15) is 18.2 Å². The quantitative estimate of drug-likeness (QED) is 0.635. The third-order valence-electron chi connectivity index (χ3n) is 6.19. The highest BCUT2D eigenvalue weighted by atomic mass is 19.1. The number of halogens is 1. The molecule has 0 bridgehead atoms. The van der Waals surface area contributed by atoms with Crippen LogP contribution in [0.5, 0.6) is 0 Å². The van der Waals surface area contributed by atoms with Gasteiger partial charge >= 0.3 is 0 Å². The SMILES string of the molecule is Cn1cnnc1C1CCN(c2c(-c3ccc(F)nc3)ccc(NC3CC3)c2C#N)CC1. The number of rotatable bonds is 5. The zero-order valence-corrected chi connectivity index (χ0v) is 17.4. The molecule has 0 radical (unpaired) electrons. The van der Waals surface area contributed by atoms with Gasteiger partial charge < -0.3 is 14.8 Å². The van der Waals surface area contributed by atoms with E-state index < -0.39 is 5.95 Å². The molecule has 158 valence electrons. The number of nitriles is 1. The Morgan fingerprint density at radius 1 is 1.13 bits per heavy atom. The Morgan fingerprint density at radius 3 is 2.55 bits per heavy atom. The lowest BCUT2D eigenvalue weighted by atomic mass is 9.92. The molecule has 1 N–H and O–H groups in total. The lowest BCUT2D eigenvalue weighted by Gasteiger charge is -2.35. The number of anilines is 2. The van der Waals surface area contributed by atoms with E-state index in [4.69, 9.17) is 0 Å². The van der Waals surface area contributed by atoms with Crippen molar-refractivity contribution in [3.8, 4) is 17.2 Å². The summed E-state index contributed by atoms with van der Waals surface area (Å²) in [5, 5.41) is 21.9. The number of nitrogens with zero attached hydrogens (tertiary/aromatic N) is 6. The first-order valence-corrected chi connectivity index (χ1v) is 10.7. The van der Waals surface area contributed by atoms with Gasteiger partial charge in [-0.25, -0.2) is 4.98 Å². The molecule has 2 fully saturated rings. The highest BCUT2D eigenvalue weighted by Gasteiger charge is 2.29. The molecule has 0 unspecified atom stereocenters. The molecule has 1 aliphatic heterocycles. The van der Waals surface area contributed by atoms with Crippen LogP contribution in [-0.4, -0.2) is 38.9 Å². The minimum absolute atomic E-state index is 0.345. The van der Waals surface area contributed by atoms with Crippen molar-refractivity contribution in [3.05, 3.63) is 54.1 Å². The normalized spacial score (nSPS) is 16.9. The number of aromatic nitrogens is 4. The van der Waals surface area contributed by atoms with Crippen LogP contribution in [0, 0.1) is 17.3 Å². The highest BCUT2D eigenvalue weighted by molar-refractivity contribution is 5.87. The van der Waals surface area contributed by atoms with Crippen molar-refractivity contribution in [2.45, 2.75) is 37.6 Å². The molecule has 5 rings (SSSR count). The lowest BCUT2D eigenvalue weighted by molar-refractivity contribution is 0.474. The van der Waals surface area contributed by atoms with Crippen molar-refractivity contribution in [2.24, 2.45) is 7.05 Å². The first-order chi connectivity index (χ1) is 15.1. The predicted molar refractivity (Wildman–Crippen MR) is 116 cm³/mol. The molecule has 1 aromatic carbocycles. The van der Waals surface area contributed by atoms with Crippen LogP contribution >= 0.6 is 0 Å². The predicted octanol–water partition coefficient (Wildman–Crippen LogP) is 3.85. The molecule has 8 heteroatoms. The fourth-order valence-electron chi connectivity index (χ4n) is 4.39. The van der Waals surface area contributed by atoms with Crippen molar-refractivity contribution < 1.29 is 4.39 Å². The van der Waals surface area contributed by atoms with E-state index in [-0.39, 0.29) is 0 Å². The number of pyridine rings is 1. The number of nitrogens with one attached hydrogen (secondary N) is 1. The van der Waals surface area contributed by atoms with Crippen LogP contribution in [0.1, 0.15) is 43.0 Å². The van der Waals surface area contributed by atoms with Gasteiger partial charge in [-0.3, -0.25) is 0 Å². The van der Waals surface area contributed by atoms with Gasteiger partial charge in [0.25, 0.3) is 0 Å². The van der Waals surface area contributed by atoms with Crippen molar-refractivity contribution in [1.82, 2.24) is 19.7 Å². The van der Waals surface area contributed by atoms with Gasteiger partial charge in [0.15, 0.2) is 0 Å². The summed E-state index contributed by atoms with van der Waals surface area (Å²) in [5.41, 5.74) is 4.13. The minimum Gasteiger partial charge on any atom is -0.381 e.